The van der Waals surface area contributed by atoms with Crippen LogP contribution in [0.25, 0.3) is 0 Å². The summed E-state index contributed by atoms with van der Waals surface area (Å²) in [6.07, 6.45) is 0.956. The molecule has 0 amide bonds. The lowest BCUT2D eigenvalue weighted by atomic mass is 9.69. The van der Waals surface area contributed by atoms with Gasteiger partial charge in [-0.05, 0) is 28.7 Å². The van der Waals surface area contributed by atoms with E-state index in [1.165, 1.54) is 5.56 Å². The molecule has 126 valence electrons. The zero-order chi connectivity index (χ0) is 17.7. The van der Waals surface area contributed by atoms with E-state index in [2.05, 4.69) is 28.5 Å². The molecule has 1 atom stereocenters. The van der Waals surface area contributed by atoms with E-state index >= 15 is 0 Å². The van der Waals surface area contributed by atoms with Crippen molar-refractivity contribution in [3.63, 3.8) is 0 Å². The smallest absolute Gasteiger partial charge is 0.327 e. The fraction of sp³-hybridized carbons (Fsp3) is 0.136. The minimum Gasteiger partial charge on any atom is -0.450 e. The second-order valence-corrected chi connectivity index (χ2v) is 6.17. The van der Waals surface area contributed by atoms with Gasteiger partial charge < -0.3 is 4.52 Å². The third kappa shape index (κ3) is 3.10. The molecule has 0 radical (unpaired) electrons. The van der Waals surface area contributed by atoms with Crippen molar-refractivity contribution in [2.24, 2.45) is 0 Å². The third-order valence-corrected chi connectivity index (χ3v) is 4.84. The molecule has 0 aliphatic rings. The van der Waals surface area contributed by atoms with Gasteiger partial charge in [0.2, 0.25) is 0 Å². The Kier molecular flexibility index (Phi) is 5.31. The Hall–Kier alpha value is -2.44. The lowest BCUT2D eigenvalue weighted by Crippen LogP contribution is -2.38. The van der Waals surface area contributed by atoms with Crippen LogP contribution < -0.4 is 0 Å². The zero-order valence-electron chi connectivity index (χ0n) is 14.2. The van der Waals surface area contributed by atoms with Crippen LogP contribution in [-0.4, -0.2) is 5.97 Å². The van der Waals surface area contributed by atoms with Gasteiger partial charge in [0, 0.05) is 0 Å². The van der Waals surface area contributed by atoms with Crippen LogP contribution in [0.1, 0.15) is 29.2 Å². The van der Waals surface area contributed by atoms with Gasteiger partial charge in [0.25, 0.3) is 0 Å². The Morgan fingerprint density at radius 2 is 1.24 bits per heavy atom. The van der Waals surface area contributed by atoms with Crippen LogP contribution in [0, 0.1) is 0 Å². The first kappa shape index (κ1) is 17.4. The van der Waals surface area contributed by atoms with Crippen molar-refractivity contribution in [1.82, 2.24) is 0 Å². The van der Waals surface area contributed by atoms with Crippen molar-refractivity contribution < 1.29 is 9.32 Å². The summed E-state index contributed by atoms with van der Waals surface area (Å²) in [5.74, 6) is -0.320. The Bertz CT molecular complexity index is 787. The molecule has 3 aromatic carbocycles. The first-order valence-electron chi connectivity index (χ1n) is 8.35. The van der Waals surface area contributed by atoms with Crippen molar-refractivity contribution in [3.8, 4) is 0 Å². The molecule has 0 aliphatic heterocycles. The highest BCUT2D eigenvalue weighted by atomic mass is 31.0. The molecule has 0 fully saturated rings. The average Bonchev–Trinajstić information content (AvgIpc) is 2.70. The van der Waals surface area contributed by atoms with E-state index in [9.17, 15) is 4.79 Å². The Morgan fingerprint density at radius 1 is 0.800 bits per heavy atom. The molecule has 0 aromatic heterocycles. The topological polar surface area (TPSA) is 26.3 Å². The van der Waals surface area contributed by atoms with Crippen LogP contribution in [0.5, 0.6) is 0 Å². The molecule has 3 heteroatoms. The van der Waals surface area contributed by atoms with E-state index in [4.69, 9.17) is 4.52 Å². The summed E-state index contributed by atoms with van der Waals surface area (Å²) < 4.78 is 5.21. The normalized spacial score (nSPS) is 11.1. The van der Waals surface area contributed by atoms with Crippen molar-refractivity contribution in [2.75, 3.05) is 0 Å². The largest absolute Gasteiger partial charge is 0.450 e. The number of hydrogen-bond donors (Lipinski definition) is 0. The van der Waals surface area contributed by atoms with Crippen LogP contribution in [0.4, 0.5) is 0 Å². The Balaban J connectivity index is 2.34. The molecule has 0 aliphatic carbocycles. The van der Waals surface area contributed by atoms with Crippen LogP contribution in [-0.2, 0) is 21.2 Å². The van der Waals surface area contributed by atoms with E-state index in [1.54, 1.807) is 0 Å². The summed E-state index contributed by atoms with van der Waals surface area (Å²) in [7, 11) is 2.10. The molecular weight excluding hydrogens is 327 g/mol. The Morgan fingerprint density at radius 3 is 1.64 bits per heavy atom. The maximum absolute atomic E-state index is 13.1. The molecule has 2 nitrogen and oxygen atoms in total. The SMILES string of the molecule is CCc1ccc(C(C(=O)OP)(c2ccccc2)c2ccccc2)cc1. The van der Waals surface area contributed by atoms with E-state index in [0.717, 1.165) is 23.1 Å². The van der Waals surface area contributed by atoms with Crippen LogP contribution in [0.15, 0.2) is 84.9 Å². The lowest BCUT2D eigenvalue weighted by Gasteiger charge is -2.33. The number of hydrogen-bond acceptors (Lipinski definition) is 2. The summed E-state index contributed by atoms with van der Waals surface area (Å²) in [5.41, 5.74) is 2.90. The first-order chi connectivity index (χ1) is 12.2. The molecule has 0 saturated carbocycles. The van der Waals surface area contributed by atoms with Crippen LogP contribution in [0.2, 0.25) is 0 Å². The fourth-order valence-electron chi connectivity index (χ4n) is 3.31. The van der Waals surface area contributed by atoms with Crippen LogP contribution >= 0.6 is 9.47 Å². The third-order valence-electron chi connectivity index (χ3n) is 4.62. The molecule has 0 saturated heterocycles. The van der Waals surface area contributed by atoms with Crippen LogP contribution in [0.3, 0.4) is 0 Å². The van der Waals surface area contributed by atoms with Gasteiger partial charge in [-0.15, -0.1) is 0 Å². The predicted octanol–water partition coefficient (Wildman–Crippen LogP) is 4.92. The van der Waals surface area contributed by atoms with E-state index < -0.39 is 5.41 Å². The van der Waals surface area contributed by atoms with Crippen molar-refractivity contribution in [2.45, 2.75) is 18.8 Å². The molecular formula is C22H21O2P. The monoisotopic (exact) mass is 348 g/mol. The van der Waals surface area contributed by atoms with E-state index in [1.807, 2.05) is 72.8 Å². The summed E-state index contributed by atoms with van der Waals surface area (Å²) in [6.45, 7) is 2.12. The molecule has 3 rings (SSSR count). The number of carbonyl (C=O) groups excluding carboxylic acids is 1. The van der Waals surface area contributed by atoms with Gasteiger partial charge >= 0.3 is 5.97 Å². The van der Waals surface area contributed by atoms with Gasteiger partial charge in [0.05, 0.1) is 9.47 Å². The van der Waals surface area contributed by atoms with Gasteiger partial charge in [0.15, 0.2) is 0 Å². The highest BCUT2D eigenvalue weighted by Gasteiger charge is 2.45. The highest BCUT2D eigenvalue weighted by Crippen LogP contribution is 2.41. The summed E-state index contributed by atoms with van der Waals surface area (Å²) >= 11 is 0. The fourth-order valence-corrected chi connectivity index (χ4v) is 3.49. The number of benzene rings is 3. The van der Waals surface area contributed by atoms with Crippen molar-refractivity contribution >= 4 is 15.4 Å². The maximum Gasteiger partial charge on any atom is 0.327 e. The molecule has 3 aromatic rings. The van der Waals surface area contributed by atoms with E-state index in [-0.39, 0.29) is 5.97 Å². The predicted molar refractivity (Wildman–Crippen MR) is 104 cm³/mol. The molecule has 0 spiro atoms. The first-order valence-corrected chi connectivity index (χ1v) is 8.82. The second kappa shape index (κ2) is 7.63. The summed E-state index contributed by atoms with van der Waals surface area (Å²) in [6, 6.07) is 27.8. The molecule has 1 unspecified atom stereocenters. The van der Waals surface area contributed by atoms with Gasteiger partial charge in [-0.2, -0.15) is 0 Å². The Labute approximate surface area is 151 Å². The number of carbonyl (C=O) groups is 1. The maximum atomic E-state index is 13.1. The van der Waals surface area contributed by atoms with Gasteiger partial charge in [-0.25, -0.2) is 0 Å². The highest BCUT2D eigenvalue weighted by molar-refractivity contribution is 7.10. The van der Waals surface area contributed by atoms with Gasteiger partial charge in [-0.1, -0.05) is 91.9 Å². The summed E-state index contributed by atoms with van der Waals surface area (Å²) in [5, 5.41) is 0. The zero-order valence-corrected chi connectivity index (χ0v) is 15.3. The van der Waals surface area contributed by atoms with Crippen molar-refractivity contribution in [3.05, 3.63) is 107 Å². The quantitative estimate of drug-likeness (QED) is 0.483. The molecule has 0 bridgehead atoms. The van der Waals surface area contributed by atoms with E-state index in [0.29, 0.717) is 0 Å². The second-order valence-electron chi connectivity index (χ2n) is 5.94. The minimum atomic E-state index is -1.00. The average molecular weight is 348 g/mol. The van der Waals surface area contributed by atoms with Gasteiger partial charge in [0.1, 0.15) is 5.41 Å². The minimum absolute atomic E-state index is 0.320. The molecule has 0 N–H and O–H groups in total. The molecule has 0 heterocycles. The standard InChI is InChI=1S/C22H21O2P/c1-2-17-13-15-20(16-14-17)22(21(23)24-25,18-9-5-3-6-10-18)19-11-7-4-8-12-19/h3-16H,2,25H2,1H3. The lowest BCUT2D eigenvalue weighted by molar-refractivity contribution is -0.136. The summed E-state index contributed by atoms with van der Waals surface area (Å²) in [4.78, 5) is 13.1. The number of aryl methyl sites for hydroxylation is 1. The van der Waals surface area contributed by atoms with Crippen molar-refractivity contribution in [1.29, 1.82) is 0 Å². The number of rotatable bonds is 5. The van der Waals surface area contributed by atoms with Gasteiger partial charge in [-0.3, -0.25) is 4.79 Å². The molecule has 25 heavy (non-hydrogen) atoms.